The van der Waals surface area contributed by atoms with Gasteiger partial charge in [-0.05, 0) is 55.7 Å². The largest absolute Gasteiger partial charge is 0.353 e. The van der Waals surface area contributed by atoms with E-state index >= 15 is 0 Å². The summed E-state index contributed by atoms with van der Waals surface area (Å²) >= 11 is 0. The van der Waals surface area contributed by atoms with Gasteiger partial charge >= 0.3 is 0 Å². The third kappa shape index (κ3) is 4.75. The van der Waals surface area contributed by atoms with Crippen LogP contribution in [-0.4, -0.2) is 65.9 Å². The molecule has 1 aromatic carbocycles. The van der Waals surface area contributed by atoms with Crippen LogP contribution in [0, 0.1) is 18.3 Å². The summed E-state index contributed by atoms with van der Waals surface area (Å²) in [4.78, 5) is 36.7. The molecule has 0 radical (unpaired) electrons. The summed E-state index contributed by atoms with van der Waals surface area (Å²) in [5.74, 6) is 1.73. The average Bonchev–Trinajstić information content (AvgIpc) is 3.57. The van der Waals surface area contributed by atoms with E-state index in [2.05, 4.69) is 46.0 Å². The van der Waals surface area contributed by atoms with Gasteiger partial charge in [-0.15, -0.1) is 0 Å². The zero-order valence-electron chi connectivity index (χ0n) is 19.6. The van der Waals surface area contributed by atoms with Crippen molar-refractivity contribution in [2.75, 3.05) is 44.2 Å². The van der Waals surface area contributed by atoms with E-state index in [4.69, 9.17) is 0 Å². The van der Waals surface area contributed by atoms with Gasteiger partial charge in [0.2, 0.25) is 11.8 Å². The maximum Gasteiger partial charge on any atom is 0.226 e. The van der Waals surface area contributed by atoms with Crippen molar-refractivity contribution >= 4 is 17.6 Å². The minimum Gasteiger partial charge on any atom is -0.353 e. The summed E-state index contributed by atoms with van der Waals surface area (Å²) in [7, 11) is 0. The number of aryl methyl sites for hydroxylation is 2. The first-order chi connectivity index (χ1) is 16.0. The predicted octanol–water partition coefficient (Wildman–Crippen LogP) is 3.30. The quantitative estimate of drug-likeness (QED) is 0.707. The van der Waals surface area contributed by atoms with Crippen LogP contribution in [0.2, 0.25) is 0 Å². The SMILES string of the molecule is Cc1ccc(CCC(=O)N2CCC3(CC2)C[C@H]3C(=O)N2CCN(c3ccccn3)CC2)cc1. The first-order valence-electron chi connectivity index (χ1n) is 12.3. The van der Waals surface area contributed by atoms with Gasteiger partial charge in [-0.25, -0.2) is 4.98 Å². The van der Waals surface area contributed by atoms with E-state index in [1.54, 1.807) is 0 Å². The number of pyridine rings is 1. The first-order valence-corrected chi connectivity index (χ1v) is 12.3. The van der Waals surface area contributed by atoms with Crippen molar-refractivity contribution in [3.63, 3.8) is 0 Å². The van der Waals surface area contributed by atoms with Crippen molar-refractivity contribution in [2.45, 2.75) is 39.0 Å². The molecule has 1 aromatic heterocycles. The number of anilines is 1. The highest BCUT2D eigenvalue weighted by Gasteiger charge is 2.59. The minimum atomic E-state index is 0.142. The zero-order chi connectivity index (χ0) is 22.8. The molecule has 3 fully saturated rings. The number of rotatable bonds is 5. The number of carbonyl (C=O) groups is 2. The lowest BCUT2D eigenvalue weighted by molar-refractivity contribution is -0.134. The fraction of sp³-hybridized carbons (Fsp3) is 0.519. The number of piperazine rings is 1. The topological polar surface area (TPSA) is 56.8 Å². The summed E-state index contributed by atoms with van der Waals surface area (Å²) in [6.07, 6.45) is 6.12. The molecule has 2 aliphatic heterocycles. The van der Waals surface area contributed by atoms with E-state index in [9.17, 15) is 9.59 Å². The number of hydrogen-bond acceptors (Lipinski definition) is 4. The normalized spacial score (nSPS) is 21.8. The lowest BCUT2D eigenvalue weighted by atomic mass is 9.90. The summed E-state index contributed by atoms with van der Waals surface area (Å²) in [5, 5.41) is 0. The van der Waals surface area contributed by atoms with Crippen LogP contribution in [0.15, 0.2) is 48.7 Å². The Morgan fingerprint density at radius 1 is 0.939 bits per heavy atom. The van der Waals surface area contributed by atoms with Gasteiger partial charge in [0.25, 0.3) is 0 Å². The van der Waals surface area contributed by atoms with Gasteiger partial charge in [0.15, 0.2) is 0 Å². The van der Waals surface area contributed by atoms with Gasteiger partial charge in [-0.3, -0.25) is 9.59 Å². The van der Waals surface area contributed by atoms with Crippen LogP contribution >= 0.6 is 0 Å². The second-order valence-corrected chi connectivity index (χ2v) is 9.99. The highest BCUT2D eigenvalue weighted by atomic mass is 16.2. The minimum absolute atomic E-state index is 0.142. The van der Waals surface area contributed by atoms with Crippen LogP contribution in [0.3, 0.4) is 0 Å². The smallest absolute Gasteiger partial charge is 0.226 e. The number of carbonyl (C=O) groups excluding carboxylic acids is 2. The van der Waals surface area contributed by atoms with Crippen LogP contribution in [0.4, 0.5) is 5.82 Å². The molecule has 6 nitrogen and oxygen atoms in total. The second kappa shape index (κ2) is 9.16. The molecule has 2 saturated heterocycles. The van der Waals surface area contributed by atoms with Gasteiger partial charge in [-0.2, -0.15) is 0 Å². The molecule has 174 valence electrons. The summed E-state index contributed by atoms with van der Waals surface area (Å²) in [5.41, 5.74) is 2.61. The highest BCUT2D eigenvalue weighted by Crippen LogP contribution is 2.60. The monoisotopic (exact) mass is 446 g/mol. The van der Waals surface area contributed by atoms with Gasteiger partial charge in [0.05, 0.1) is 0 Å². The van der Waals surface area contributed by atoms with Crippen molar-refractivity contribution in [1.82, 2.24) is 14.8 Å². The molecule has 1 aliphatic carbocycles. The third-order valence-electron chi connectivity index (χ3n) is 7.91. The zero-order valence-corrected chi connectivity index (χ0v) is 19.6. The number of likely N-dealkylation sites (tertiary alicyclic amines) is 1. The molecule has 2 aromatic rings. The van der Waals surface area contributed by atoms with Gasteiger partial charge in [0.1, 0.15) is 5.82 Å². The Kier molecular flexibility index (Phi) is 6.09. The Morgan fingerprint density at radius 3 is 2.33 bits per heavy atom. The first kappa shape index (κ1) is 21.9. The number of piperidine rings is 1. The molecule has 1 saturated carbocycles. The molecule has 0 bridgehead atoms. The van der Waals surface area contributed by atoms with Crippen molar-refractivity contribution in [3.05, 3.63) is 59.8 Å². The number of benzene rings is 1. The Bertz CT molecular complexity index is 975. The lowest BCUT2D eigenvalue weighted by Gasteiger charge is -2.37. The van der Waals surface area contributed by atoms with E-state index in [1.807, 2.05) is 29.3 Å². The van der Waals surface area contributed by atoms with E-state index in [0.29, 0.717) is 12.3 Å². The molecule has 6 heteroatoms. The van der Waals surface area contributed by atoms with Crippen LogP contribution < -0.4 is 4.90 Å². The van der Waals surface area contributed by atoms with E-state index in [-0.39, 0.29) is 17.2 Å². The summed E-state index contributed by atoms with van der Waals surface area (Å²) < 4.78 is 0. The van der Waals surface area contributed by atoms with Crippen LogP contribution in [0.1, 0.15) is 36.8 Å². The van der Waals surface area contributed by atoms with E-state index in [1.165, 1.54) is 11.1 Å². The number of nitrogens with zero attached hydrogens (tertiary/aromatic N) is 4. The summed E-state index contributed by atoms with van der Waals surface area (Å²) in [6.45, 7) is 6.89. The summed E-state index contributed by atoms with van der Waals surface area (Å²) in [6, 6.07) is 14.4. The Morgan fingerprint density at radius 2 is 1.67 bits per heavy atom. The molecule has 0 N–H and O–H groups in total. The maximum atomic E-state index is 13.2. The van der Waals surface area contributed by atoms with Crippen LogP contribution in [-0.2, 0) is 16.0 Å². The average molecular weight is 447 g/mol. The van der Waals surface area contributed by atoms with Crippen molar-refractivity contribution < 1.29 is 9.59 Å². The second-order valence-electron chi connectivity index (χ2n) is 9.99. The van der Waals surface area contributed by atoms with Gasteiger partial charge in [-0.1, -0.05) is 35.9 Å². The van der Waals surface area contributed by atoms with Gasteiger partial charge < -0.3 is 14.7 Å². The Hall–Kier alpha value is -2.89. The van der Waals surface area contributed by atoms with Crippen LogP contribution in [0.25, 0.3) is 0 Å². The molecule has 5 rings (SSSR count). The van der Waals surface area contributed by atoms with Crippen LogP contribution in [0.5, 0.6) is 0 Å². The molecule has 3 heterocycles. The van der Waals surface area contributed by atoms with E-state index < -0.39 is 0 Å². The van der Waals surface area contributed by atoms with Crippen molar-refractivity contribution in [3.8, 4) is 0 Å². The fourth-order valence-electron chi connectivity index (χ4n) is 5.53. The molecule has 33 heavy (non-hydrogen) atoms. The molecular weight excluding hydrogens is 412 g/mol. The molecular formula is C27H34N4O2. The van der Waals surface area contributed by atoms with E-state index in [0.717, 1.165) is 70.8 Å². The molecule has 3 aliphatic rings. The highest BCUT2D eigenvalue weighted by molar-refractivity contribution is 5.83. The predicted molar refractivity (Wildman–Crippen MR) is 129 cm³/mol. The number of amides is 2. The fourth-order valence-corrected chi connectivity index (χ4v) is 5.53. The number of aromatic nitrogens is 1. The van der Waals surface area contributed by atoms with Crippen molar-refractivity contribution in [2.24, 2.45) is 11.3 Å². The third-order valence-corrected chi connectivity index (χ3v) is 7.91. The van der Waals surface area contributed by atoms with Gasteiger partial charge in [0, 0.05) is 57.8 Å². The molecule has 1 spiro atoms. The Labute approximate surface area is 196 Å². The Balaban J connectivity index is 1.07. The standard InChI is InChI=1S/C27H34N4O2/c1-21-5-7-22(8-6-21)9-10-25(32)30-14-11-27(12-15-30)20-23(27)26(33)31-18-16-29(17-19-31)24-4-2-3-13-28-24/h2-8,13,23H,9-12,14-20H2,1H3/t23-/m0/s1. The molecule has 0 unspecified atom stereocenters. The molecule has 1 atom stereocenters. The number of hydrogen-bond donors (Lipinski definition) is 0. The maximum absolute atomic E-state index is 13.2. The van der Waals surface area contributed by atoms with Crippen molar-refractivity contribution in [1.29, 1.82) is 0 Å². The lowest BCUT2D eigenvalue weighted by Crippen LogP contribution is -2.50. The molecule has 2 amide bonds.